The van der Waals surface area contributed by atoms with Gasteiger partial charge in [0.1, 0.15) is 0 Å². The number of hydrogen-bond acceptors (Lipinski definition) is 5. The van der Waals surface area contributed by atoms with E-state index in [9.17, 15) is 13.6 Å². The fourth-order valence-corrected chi connectivity index (χ4v) is 3.78. The van der Waals surface area contributed by atoms with Crippen LogP contribution in [0.15, 0.2) is 66.1 Å². The predicted octanol–water partition coefficient (Wildman–Crippen LogP) is 4.11. The zero-order valence-corrected chi connectivity index (χ0v) is 16.7. The molecule has 30 heavy (non-hydrogen) atoms. The van der Waals surface area contributed by atoms with Crippen molar-refractivity contribution in [2.45, 2.75) is 12.8 Å². The van der Waals surface area contributed by atoms with E-state index in [1.165, 1.54) is 6.07 Å². The maximum absolute atomic E-state index is 13.5. The van der Waals surface area contributed by atoms with Crippen LogP contribution < -0.4 is 0 Å². The van der Waals surface area contributed by atoms with E-state index < -0.39 is 11.6 Å². The van der Waals surface area contributed by atoms with Gasteiger partial charge in [0.15, 0.2) is 17.4 Å². The van der Waals surface area contributed by atoms with Crippen LogP contribution in [0.25, 0.3) is 5.70 Å². The highest BCUT2D eigenvalue weighted by Crippen LogP contribution is 2.28. The SMILES string of the molecule is C=C1C=C(c2ccncc2)N=C(N2CCC(C(=O)c3ccc(F)c(F)c3)CC2)N1C. The molecule has 2 aliphatic rings. The molecule has 0 aliphatic carbocycles. The third-order valence-electron chi connectivity index (χ3n) is 5.58. The largest absolute Gasteiger partial charge is 0.342 e. The van der Waals surface area contributed by atoms with Crippen molar-refractivity contribution >= 4 is 17.4 Å². The Kier molecular flexibility index (Phi) is 5.44. The summed E-state index contributed by atoms with van der Waals surface area (Å²) in [4.78, 5) is 25.7. The maximum atomic E-state index is 13.5. The van der Waals surface area contributed by atoms with Gasteiger partial charge in [-0.15, -0.1) is 0 Å². The van der Waals surface area contributed by atoms with E-state index in [-0.39, 0.29) is 17.3 Å². The van der Waals surface area contributed by atoms with Crippen molar-refractivity contribution in [1.82, 2.24) is 14.8 Å². The number of Topliss-reactive ketones (excluding diaryl/α,β-unsaturated/α-hetero) is 1. The summed E-state index contributed by atoms with van der Waals surface area (Å²) >= 11 is 0. The second-order valence-electron chi connectivity index (χ2n) is 7.48. The van der Waals surface area contributed by atoms with Gasteiger partial charge in [0.25, 0.3) is 0 Å². The van der Waals surface area contributed by atoms with Crippen LogP contribution in [0.1, 0.15) is 28.8 Å². The molecule has 7 heteroatoms. The molecular weight excluding hydrogens is 386 g/mol. The average molecular weight is 408 g/mol. The number of halogens is 2. The molecule has 4 rings (SSSR count). The number of guanidine groups is 1. The summed E-state index contributed by atoms with van der Waals surface area (Å²) in [6.07, 6.45) is 6.61. The molecule has 1 aromatic heterocycles. The fraction of sp³-hybridized carbons (Fsp3) is 0.261. The molecule has 0 bridgehead atoms. The van der Waals surface area contributed by atoms with Gasteiger partial charge in [-0.25, -0.2) is 13.8 Å². The number of pyridine rings is 1. The van der Waals surface area contributed by atoms with Gasteiger partial charge in [0.2, 0.25) is 5.96 Å². The number of carbonyl (C=O) groups is 1. The number of piperidine rings is 1. The highest BCUT2D eigenvalue weighted by molar-refractivity contribution is 5.98. The fourth-order valence-electron chi connectivity index (χ4n) is 3.78. The van der Waals surface area contributed by atoms with Crippen molar-refractivity contribution in [2.24, 2.45) is 10.9 Å². The molecule has 0 spiro atoms. The lowest BCUT2D eigenvalue weighted by Gasteiger charge is -2.38. The minimum Gasteiger partial charge on any atom is -0.342 e. The summed E-state index contributed by atoms with van der Waals surface area (Å²) in [6.45, 7) is 5.40. The Morgan fingerprint density at radius 1 is 1.10 bits per heavy atom. The summed E-state index contributed by atoms with van der Waals surface area (Å²) < 4.78 is 26.7. The minimum atomic E-state index is -0.995. The normalized spacial score (nSPS) is 17.6. The van der Waals surface area contributed by atoms with Gasteiger partial charge in [-0.2, -0.15) is 0 Å². The maximum Gasteiger partial charge on any atom is 0.206 e. The minimum absolute atomic E-state index is 0.144. The Balaban J connectivity index is 1.48. The summed E-state index contributed by atoms with van der Waals surface area (Å²) in [7, 11) is 1.92. The topological polar surface area (TPSA) is 48.8 Å². The Morgan fingerprint density at radius 3 is 2.47 bits per heavy atom. The Labute approximate surface area is 174 Å². The zero-order chi connectivity index (χ0) is 21.3. The number of aromatic nitrogens is 1. The van der Waals surface area contributed by atoms with Crippen LogP contribution in [-0.2, 0) is 0 Å². The summed E-state index contributed by atoms with van der Waals surface area (Å²) in [6, 6.07) is 7.14. The van der Waals surface area contributed by atoms with Crippen molar-refractivity contribution in [2.75, 3.05) is 20.1 Å². The second kappa shape index (κ2) is 8.18. The van der Waals surface area contributed by atoms with Crippen molar-refractivity contribution < 1.29 is 13.6 Å². The first-order valence-electron chi connectivity index (χ1n) is 9.81. The molecule has 0 amide bonds. The predicted molar refractivity (Wildman–Crippen MR) is 112 cm³/mol. The van der Waals surface area contributed by atoms with Gasteiger partial charge >= 0.3 is 0 Å². The van der Waals surface area contributed by atoms with Crippen LogP contribution in [0.4, 0.5) is 8.78 Å². The van der Waals surface area contributed by atoms with Crippen LogP contribution in [-0.4, -0.2) is 46.7 Å². The van der Waals surface area contributed by atoms with Crippen molar-refractivity contribution in [3.05, 3.63) is 83.8 Å². The first kappa shape index (κ1) is 19.9. The lowest BCUT2D eigenvalue weighted by molar-refractivity contribution is 0.0868. The first-order valence-corrected chi connectivity index (χ1v) is 9.81. The number of likely N-dealkylation sites (N-methyl/N-ethyl adjacent to an activating group) is 1. The van der Waals surface area contributed by atoms with E-state index in [2.05, 4.69) is 16.5 Å². The second-order valence-corrected chi connectivity index (χ2v) is 7.48. The third-order valence-corrected chi connectivity index (χ3v) is 5.58. The van der Waals surface area contributed by atoms with Gasteiger partial charge in [0, 0.05) is 55.3 Å². The van der Waals surface area contributed by atoms with Gasteiger partial charge in [-0.3, -0.25) is 9.78 Å². The van der Waals surface area contributed by atoms with Crippen molar-refractivity contribution in [3.63, 3.8) is 0 Å². The highest BCUT2D eigenvalue weighted by Gasteiger charge is 2.30. The molecule has 5 nitrogen and oxygen atoms in total. The molecule has 0 unspecified atom stereocenters. The number of rotatable bonds is 3. The van der Waals surface area contributed by atoms with Crippen LogP contribution in [0.2, 0.25) is 0 Å². The van der Waals surface area contributed by atoms with E-state index in [0.29, 0.717) is 25.9 Å². The van der Waals surface area contributed by atoms with E-state index >= 15 is 0 Å². The number of benzene rings is 1. The third kappa shape index (κ3) is 3.87. The molecule has 0 N–H and O–H groups in total. The number of likely N-dealkylation sites (tertiary alicyclic amines) is 1. The molecule has 1 aromatic carbocycles. The Hall–Kier alpha value is -3.35. The molecule has 0 radical (unpaired) electrons. The van der Waals surface area contributed by atoms with Gasteiger partial charge in [0.05, 0.1) is 5.70 Å². The summed E-state index contributed by atoms with van der Waals surface area (Å²) in [5.41, 5.74) is 2.82. The molecule has 3 heterocycles. The summed E-state index contributed by atoms with van der Waals surface area (Å²) in [5.74, 6) is -1.52. The van der Waals surface area contributed by atoms with Gasteiger partial charge < -0.3 is 9.80 Å². The number of allylic oxidation sites excluding steroid dienone is 1. The van der Waals surface area contributed by atoms with E-state index in [4.69, 9.17) is 4.99 Å². The van der Waals surface area contributed by atoms with Crippen LogP contribution in [0.5, 0.6) is 0 Å². The number of nitrogens with zero attached hydrogens (tertiary/aromatic N) is 4. The van der Waals surface area contributed by atoms with Gasteiger partial charge in [-0.1, -0.05) is 6.58 Å². The smallest absolute Gasteiger partial charge is 0.206 e. The number of hydrogen-bond donors (Lipinski definition) is 0. The highest BCUT2D eigenvalue weighted by atomic mass is 19.2. The van der Waals surface area contributed by atoms with E-state index in [0.717, 1.165) is 35.0 Å². The van der Waals surface area contributed by atoms with E-state index in [1.807, 2.05) is 30.2 Å². The number of carbonyl (C=O) groups excluding carboxylic acids is 1. The number of ketones is 1. The van der Waals surface area contributed by atoms with Gasteiger partial charge in [-0.05, 0) is 49.2 Å². The van der Waals surface area contributed by atoms with Crippen LogP contribution in [0, 0.1) is 17.6 Å². The lowest BCUT2D eigenvalue weighted by Crippen LogP contribution is -2.47. The first-order chi connectivity index (χ1) is 14.4. The quantitative estimate of drug-likeness (QED) is 0.718. The standard InChI is InChI=1S/C23H22F2N4O/c1-15-13-21(16-5-9-26-10-6-16)27-23(28(15)2)29-11-7-17(8-12-29)22(30)18-3-4-19(24)20(25)14-18/h3-6,9-10,13-14,17H,1,7-8,11-12H2,2H3. The number of aliphatic imine (C=N–C) groups is 1. The Bertz CT molecular complexity index is 1040. The molecule has 2 aliphatic heterocycles. The monoisotopic (exact) mass is 408 g/mol. The zero-order valence-electron chi connectivity index (χ0n) is 16.7. The van der Waals surface area contributed by atoms with Crippen molar-refractivity contribution in [3.8, 4) is 0 Å². The molecular formula is C23H22F2N4O. The molecule has 2 aromatic rings. The Morgan fingerprint density at radius 2 is 1.80 bits per heavy atom. The summed E-state index contributed by atoms with van der Waals surface area (Å²) in [5, 5.41) is 0. The van der Waals surface area contributed by atoms with Crippen LogP contribution >= 0.6 is 0 Å². The lowest BCUT2D eigenvalue weighted by atomic mass is 9.89. The van der Waals surface area contributed by atoms with Crippen LogP contribution in [0.3, 0.4) is 0 Å². The van der Waals surface area contributed by atoms with E-state index in [1.54, 1.807) is 12.4 Å². The molecule has 154 valence electrons. The molecule has 0 saturated carbocycles. The van der Waals surface area contributed by atoms with Crippen molar-refractivity contribution in [1.29, 1.82) is 0 Å². The molecule has 1 saturated heterocycles. The molecule has 0 atom stereocenters. The average Bonchev–Trinajstić information content (AvgIpc) is 2.77. The molecule has 1 fully saturated rings.